The van der Waals surface area contributed by atoms with Gasteiger partial charge >= 0.3 is 0 Å². The molecule has 0 aliphatic carbocycles. The van der Waals surface area contributed by atoms with Crippen molar-refractivity contribution >= 4 is 34.0 Å². The average Bonchev–Trinajstić information content (AvgIpc) is 3.25. The number of benzene rings is 2. The molecule has 4 aromatic rings. The molecule has 1 N–H and O–H groups in total. The summed E-state index contributed by atoms with van der Waals surface area (Å²) >= 11 is 0. The topological polar surface area (TPSA) is 49.6 Å². The summed E-state index contributed by atoms with van der Waals surface area (Å²) in [6.07, 6.45) is 3.75. The Morgan fingerprint density at radius 3 is 2.57 bits per heavy atom. The Kier molecular flexibility index (Phi) is 4.66. The maximum Gasteiger partial charge on any atom is 0.227 e. The van der Waals surface area contributed by atoms with Crippen LogP contribution in [0.1, 0.15) is 24.0 Å². The number of piperidine rings is 1. The van der Waals surface area contributed by atoms with Gasteiger partial charge in [-0.1, -0.05) is 29.8 Å². The Morgan fingerprint density at radius 2 is 1.77 bits per heavy atom. The number of amides is 1. The van der Waals surface area contributed by atoms with E-state index in [-0.39, 0.29) is 11.8 Å². The van der Waals surface area contributed by atoms with Crippen LogP contribution in [0.25, 0.3) is 16.6 Å². The summed E-state index contributed by atoms with van der Waals surface area (Å²) in [4.78, 5) is 20.1. The molecular formula is C25H26N4O. The van der Waals surface area contributed by atoms with Gasteiger partial charge in [0.25, 0.3) is 0 Å². The minimum absolute atomic E-state index is 0.0326. The van der Waals surface area contributed by atoms with Crippen LogP contribution in [0.15, 0.2) is 60.8 Å². The number of carbonyl (C=O) groups excluding carboxylic acids is 1. The van der Waals surface area contributed by atoms with E-state index < -0.39 is 0 Å². The molecule has 0 bridgehead atoms. The first kappa shape index (κ1) is 18.7. The third-order valence-electron chi connectivity index (χ3n) is 6.15. The van der Waals surface area contributed by atoms with E-state index in [4.69, 9.17) is 4.98 Å². The van der Waals surface area contributed by atoms with E-state index in [0.717, 1.165) is 59.5 Å². The summed E-state index contributed by atoms with van der Waals surface area (Å²) in [7, 11) is 0. The number of hydrogen-bond donors (Lipinski definition) is 1. The predicted molar refractivity (Wildman–Crippen MR) is 122 cm³/mol. The number of hydrogen-bond acceptors (Lipinski definition) is 3. The molecule has 0 radical (unpaired) electrons. The van der Waals surface area contributed by atoms with E-state index in [1.165, 1.54) is 5.56 Å². The Labute approximate surface area is 176 Å². The van der Waals surface area contributed by atoms with Crippen LogP contribution in [0.4, 0.5) is 11.5 Å². The van der Waals surface area contributed by atoms with Crippen LogP contribution in [0.3, 0.4) is 0 Å². The summed E-state index contributed by atoms with van der Waals surface area (Å²) in [5.41, 5.74) is 6.45. The fourth-order valence-corrected chi connectivity index (χ4v) is 4.48. The van der Waals surface area contributed by atoms with Crippen molar-refractivity contribution in [3.63, 3.8) is 0 Å². The molecule has 5 nitrogen and oxygen atoms in total. The Hall–Kier alpha value is -3.34. The number of aromatic nitrogens is 2. The molecule has 1 aliphatic heterocycles. The third-order valence-corrected chi connectivity index (χ3v) is 6.15. The Morgan fingerprint density at radius 1 is 1.00 bits per heavy atom. The van der Waals surface area contributed by atoms with Gasteiger partial charge in [0.2, 0.25) is 5.91 Å². The molecular weight excluding hydrogens is 372 g/mol. The first-order valence-electron chi connectivity index (χ1n) is 10.6. The standard InChI is InChI=1S/C25H26N4O/c1-17-9-10-20(18(2)16-17)27-25(30)19-11-14-28(15-12-19)24-23-8-5-13-29(23)22-7-4-3-6-21(22)26-24/h3-10,13,16,19H,11-12,14-15H2,1-2H3,(H,27,30). The number of fused-ring (bicyclic) bond motifs is 3. The highest BCUT2D eigenvalue weighted by Gasteiger charge is 2.27. The predicted octanol–water partition coefficient (Wildman–Crippen LogP) is 4.96. The molecule has 0 unspecified atom stereocenters. The molecule has 1 amide bonds. The van der Waals surface area contributed by atoms with Gasteiger partial charge in [0, 0.05) is 30.9 Å². The van der Waals surface area contributed by atoms with Crippen LogP contribution >= 0.6 is 0 Å². The van der Waals surface area contributed by atoms with Crippen molar-refractivity contribution in [2.45, 2.75) is 26.7 Å². The largest absolute Gasteiger partial charge is 0.355 e. The normalized spacial score (nSPS) is 15.1. The van der Waals surface area contributed by atoms with Crippen molar-refractivity contribution in [1.29, 1.82) is 0 Å². The SMILES string of the molecule is Cc1ccc(NC(=O)C2CCN(c3nc4ccccc4n4cccc34)CC2)c(C)c1. The molecule has 30 heavy (non-hydrogen) atoms. The average molecular weight is 399 g/mol. The summed E-state index contributed by atoms with van der Waals surface area (Å²) in [5.74, 6) is 1.16. The zero-order chi connectivity index (χ0) is 20.7. The zero-order valence-corrected chi connectivity index (χ0v) is 17.4. The van der Waals surface area contributed by atoms with Gasteiger partial charge in [-0.15, -0.1) is 0 Å². The third kappa shape index (κ3) is 3.30. The minimum Gasteiger partial charge on any atom is -0.355 e. The molecule has 2 aromatic heterocycles. The van der Waals surface area contributed by atoms with Crippen LogP contribution in [-0.2, 0) is 4.79 Å². The minimum atomic E-state index is 0.0326. The Balaban J connectivity index is 1.33. The fourth-order valence-electron chi connectivity index (χ4n) is 4.48. The van der Waals surface area contributed by atoms with Gasteiger partial charge in [-0.2, -0.15) is 0 Å². The van der Waals surface area contributed by atoms with E-state index in [2.05, 4.69) is 58.1 Å². The van der Waals surface area contributed by atoms with Crippen molar-refractivity contribution in [1.82, 2.24) is 9.38 Å². The number of aryl methyl sites for hydroxylation is 2. The lowest BCUT2D eigenvalue weighted by molar-refractivity contribution is -0.120. The monoisotopic (exact) mass is 398 g/mol. The molecule has 0 spiro atoms. The maximum atomic E-state index is 12.8. The lowest BCUT2D eigenvalue weighted by Gasteiger charge is -2.32. The summed E-state index contributed by atoms with van der Waals surface area (Å²) in [6.45, 7) is 5.77. The molecule has 5 heteroatoms. The highest BCUT2D eigenvalue weighted by Crippen LogP contribution is 2.29. The van der Waals surface area contributed by atoms with Gasteiger partial charge in [-0.3, -0.25) is 4.79 Å². The van der Waals surface area contributed by atoms with Crippen molar-refractivity contribution in [2.24, 2.45) is 5.92 Å². The van der Waals surface area contributed by atoms with Gasteiger partial charge in [-0.25, -0.2) is 4.98 Å². The van der Waals surface area contributed by atoms with Gasteiger partial charge < -0.3 is 14.6 Å². The molecule has 3 heterocycles. The zero-order valence-electron chi connectivity index (χ0n) is 17.4. The smallest absolute Gasteiger partial charge is 0.227 e. The molecule has 1 aliphatic rings. The number of nitrogens with one attached hydrogen (secondary N) is 1. The molecule has 1 saturated heterocycles. The number of nitrogens with zero attached hydrogens (tertiary/aromatic N) is 3. The highest BCUT2D eigenvalue weighted by molar-refractivity contribution is 5.93. The first-order valence-corrected chi connectivity index (χ1v) is 10.6. The van der Waals surface area contributed by atoms with E-state index in [1.807, 2.05) is 31.2 Å². The lowest BCUT2D eigenvalue weighted by Crippen LogP contribution is -2.38. The lowest BCUT2D eigenvalue weighted by atomic mass is 9.95. The number of rotatable bonds is 3. The fraction of sp³-hybridized carbons (Fsp3) is 0.280. The molecule has 0 atom stereocenters. The molecule has 152 valence electrons. The first-order chi connectivity index (χ1) is 14.6. The van der Waals surface area contributed by atoms with Crippen LogP contribution < -0.4 is 10.2 Å². The maximum absolute atomic E-state index is 12.8. The van der Waals surface area contributed by atoms with Crippen LogP contribution in [-0.4, -0.2) is 28.4 Å². The second kappa shape index (κ2) is 7.48. The van der Waals surface area contributed by atoms with Crippen molar-refractivity contribution in [2.75, 3.05) is 23.3 Å². The van der Waals surface area contributed by atoms with Gasteiger partial charge in [0.15, 0.2) is 5.82 Å². The van der Waals surface area contributed by atoms with Crippen molar-refractivity contribution < 1.29 is 4.79 Å². The second-order valence-corrected chi connectivity index (χ2v) is 8.26. The quantitative estimate of drug-likeness (QED) is 0.531. The van der Waals surface area contributed by atoms with Gasteiger partial charge in [-0.05, 0) is 62.6 Å². The second-order valence-electron chi connectivity index (χ2n) is 8.26. The molecule has 2 aromatic carbocycles. The van der Waals surface area contributed by atoms with E-state index in [0.29, 0.717) is 0 Å². The highest BCUT2D eigenvalue weighted by atomic mass is 16.1. The number of anilines is 2. The van der Waals surface area contributed by atoms with Crippen molar-refractivity contribution in [3.8, 4) is 0 Å². The molecule has 0 saturated carbocycles. The van der Waals surface area contributed by atoms with Crippen LogP contribution in [0, 0.1) is 19.8 Å². The van der Waals surface area contributed by atoms with Crippen LogP contribution in [0.5, 0.6) is 0 Å². The van der Waals surface area contributed by atoms with E-state index in [1.54, 1.807) is 0 Å². The van der Waals surface area contributed by atoms with E-state index in [9.17, 15) is 4.79 Å². The molecule has 1 fully saturated rings. The van der Waals surface area contributed by atoms with Crippen molar-refractivity contribution in [3.05, 3.63) is 71.9 Å². The molecule has 5 rings (SSSR count). The van der Waals surface area contributed by atoms with Gasteiger partial charge in [0.1, 0.15) is 0 Å². The van der Waals surface area contributed by atoms with E-state index >= 15 is 0 Å². The van der Waals surface area contributed by atoms with Gasteiger partial charge in [0.05, 0.1) is 16.6 Å². The summed E-state index contributed by atoms with van der Waals surface area (Å²) in [5, 5.41) is 3.13. The number of carbonyl (C=O) groups is 1. The Bertz CT molecular complexity index is 1230. The number of para-hydroxylation sites is 2. The van der Waals surface area contributed by atoms with Crippen LogP contribution in [0.2, 0.25) is 0 Å². The summed E-state index contributed by atoms with van der Waals surface area (Å²) < 4.78 is 2.20. The summed E-state index contributed by atoms with van der Waals surface area (Å²) in [6, 6.07) is 18.6.